The Bertz CT molecular complexity index is 687. The van der Waals surface area contributed by atoms with Crippen LogP contribution in [-0.2, 0) is 6.54 Å². The van der Waals surface area contributed by atoms with E-state index in [2.05, 4.69) is 35.1 Å². The number of rotatable bonds is 5. The molecule has 3 heteroatoms. The van der Waals surface area contributed by atoms with Gasteiger partial charge in [-0.3, -0.25) is 0 Å². The van der Waals surface area contributed by atoms with Crippen molar-refractivity contribution in [1.82, 2.24) is 5.43 Å². The first-order chi connectivity index (χ1) is 10.3. The van der Waals surface area contributed by atoms with Gasteiger partial charge < -0.3 is 9.84 Å². The van der Waals surface area contributed by atoms with E-state index in [1.807, 2.05) is 49.4 Å². The molecule has 0 radical (unpaired) electrons. The van der Waals surface area contributed by atoms with Crippen LogP contribution >= 0.6 is 0 Å². The van der Waals surface area contributed by atoms with Gasteiger partial charge in [-0.1, -0.05) is 42.5 Å². The minimum absolute atomic E-state index is 0.756. The first kappa shape index (κ1) is 13.5. The van der Waals surface area contributed by atoms with Crippen LogP contribution in [0.4, 0.5) is 5.69 Å². The van der Waals surface area contributed by atoms with Crippen LogP contribution in [0.2, 0.25) is 0 Å². The first-order valence-electron chi connectivity index (χ1n) is 7.01. The fourth-order valence-electron chi connectivity index (χ4n) is 2.15. The number of furan rings is 1. The summed E-state index contributed by atoms with van der Waals surface area (Å²) in [6, 6.07) is 22.4. The second-order valence-electron chi connectivity index (χ2n) is 4.95. The summed E-state index contributed by atoms with van der Waals surface area (Å²) in [5, 5.41) is 0. The number of aryl methyl sites for hydroxylation is 1. The van der Waals surface area contributed by atoms with E-state index in [0.29, 0.717) is 0 Å². The van der Waals surface area contributed by atoms with E-state index < -0.39 is 0 Å². The number of hydrazine groups is 1. The Kier molecular flexibility index (Phi) is 4.03. The number of nitrogens with one attached hydrogen (secondary N) is 2. The maximum Gasteiger partial charge on any atom is 0.134 e. The van der Waals surface area contributed by atoms with Crippen molar-refractivity contribution in [3.63, 3.8) is 0 Å². The van der Waals surface area contributed by atoms with Crippen molar-refractivity contribution >= 4 is 5.69 Å². The van der Waals surface area contributed by atoms with Crippen LogP contribution < -0.4 is 10.9 Å². The molecule has 2 N–H and O–H groups in total. The van der Waals surface area contributed by atoms with Crippen LogP contribution in [0.25, 0.3) is 11.3 Å². The maximum absolute atomic E-state index is 5.62. The molecule has 0 fully saturated rings. The molecule has 2 aromatic carbocycles. The molecule has 21 heavy (non-hydrogen) atoms. The van der Waals surface area contributed by atoms with Gasteiger partial charge >= 0.3 is 0 Å². The van der Waals surface area contributed by atoms with Crippen LogP contribution in [-0.4, -0.2) is 0 Å². The van der Waals surface area contributed by atoms with Crippen LogP contribution in [0.5, 0.6) is 0 Å². The van der Waals surface area contributed by atoms with E-state index in [-0.39, 0.29) is 0 Å². The summed E-state index contributed by atoms with van der Waals surface area (Å²) in [4.78, 5) is 0. The van der Waals surface area contributed by atoms with Crippen LogP contribution in [0.1, 0.15) is 11.3 Å². The van der Waals surface area contributed by atoms with Gasteiger partial charge in [0.05, 0.1) is 0 Å². The minimum Gasteiger partial charge on any atom is -0.461 e. The standard InChI is InChI=1S/C18H18N2O/c1-14-7-12-18(21-14)16-10-8-15(9-11-16)13-19-20-17-5-3-2-4-6-17/h2-12,19-20H,13H2,1H3. The van der Waals surface area contributed by atoms with E-state index in [9.17, 15) is 0 Å². The predicted octanol–water partition coefficient (Wildman–Crippen LogP) is 4.37. The van der Waals surface area contributed by atoms with Gasteiger partial charge in [-0.05, 0) is 36.8 Å². The number of anilines is 1. The van der Waals surface area contributed by atoms with E-state index >= 15 is 0 Å². The Hall–Kier alpha value is -2.52. The highest BCUT2D eigenvalue weighted by molar-refractivity contribution is 5.57. The Morgan fingerprint density at radius 2 is 1.62 bits per heavy atom. The highest BCUT2D eigenvalue weighted by atomic mass is 16.3. The Morgan fingerprint density at radius 3 is 2.29 bits per heavy atom. The molecule has 0 bridgehead atoms. The minimum atomic E-state index is 0.756. The summed E-state index contributed by atoms with van der Waals surface area (Å²) in [6.07, 6.45) is 0. The van der Waals surface area contributed by atoms with Crippen molar-refractivity contribution in [2.75, 3.05) is 5.43 Å². The lowest BCUT2D eigenvalue weighted by Gasteiger charge is -2.08. The number of benzene rings is 2. The second-order valence-corrected chi connectivity index (χ2v) is 4.95. The normalized spacial score (nSPS) is 10.5. The van der Waals surface area contributed by atoms with E-state index in [4.69, 9.17) is 4.42 Å². The van der Waals surface area contributed by atoms with Crippen molar-refractivity contribution in [3.05, 3.63) is 78.1 Å². The summed E-state index contributed by atoms with van der Waals surface area (Å²) in [6.45, 7) is 2.71. The largest absolute Gasteiger partial charge is 0.461 e. The Labute approximate surface area is 124 Å². The Balaban J connectivity index is 1.57. The first-order valence-corrected chi connectivity index (χ1v) is 7.01. The molecule has 0 aliphatic carbocycles. The fraction of sp³-hybridized carbons (Fsp3) is 0.111. The molecule has 3 aromatic rings. The van der Waals surface area contributed by atoms with Gasteiger partial charge in [0, 0.05) is 17.8 Å². The van der Waals surface area contributed by atoms with Gasteiger partial charge in [0.25, 0.3) is 0 Å². The topological polar surface area (TPSA) is 37.2 Å². The molecule has 0 saturated heterocycles. The van der Waals surface area contributed by atoms with Crippen molar-refractivity contribution < 1.29 is 4.42 Å². The fourth-order valence-corrected chi connectivity index (χ4v) is 2.15. The molecule has 0 amide bonds. The smallest absolute Gasteiger partial charge is 0.134 e. The summed E-state index contributed by atoms with van der Waals surface area (Å²) >= 11 is 0. The van der Waals surface area contributed by atoms with E-state index in [1.54, 1.807) is 0 Å². The second kappa shape index (κ2) is 6.29. The molecule has 0 unspecified atom stereocenters. The molecule has 0 saturated carbocycles. The third kappa shape index (κ3) is 3.52. The number of para-hydroxylation sites is 1. The molecule has 1 heterocycles. The molecule has 0 aliphatic rings. The number of hydrogen-bond acceptors (Lipinski definition) is 3. The Morgan fingerprint density at radius 1 is 0.857 bits per heavy atom. The summed E-state index contributed by atoms with van der Waals surface area (Å²) < 4.78 is 5.62. The molecule has 0 atom stereocenters. The molecular weight excluding hydrogens is 260 g/mol. The summed E-state index contributed by atoms with van der Waals surface area (Å²) in [7, 11) is 0. The summed E-state index contributed by atoms with van der Waals surface area (Å²) in [5.41, 5.74) is 9.75. The predicted molar refractivity (Wildman–Crippen MR) is 85.8 cm³/mol. The molecule has 3 nitrogen and oxygen atoms in total. The SMILES string of the molecule is Cc1ccc(-c2ccc(CNNc3ccccc3)cc2)o1. The maximum atomic E-state index is 5.62. The molecule has 0 spiro atoms. The third-order valence-electron chi connectivity index (χ3n) is 3.28. The van der Waals surface area contributed by atoms with Crippen LogP contribution in [0.3, 0.4) is 0 Å². The average molecular weight is 278 g/mol. The van der Waals surface area contributed by atoms with E-state index in [1.165, 1.54) is 5.56 Å². The zero-order valence-electron chi connectivity index (χ0n) is 12.0. The van der Waals surface area contributed by atoms with Crippen molar-refractivity contribution in [2.45, 2.75) is 13.5 Å². The van der Waals surface area contributed by atoms with Gasteiger partial charge in [0.15, 0.2) is 0 Å². The monoisotopic (exact) mass is 278 g/mol. The number of hydrogen-bond donors (Lipinski definition) is 2. The van der Waals surface area contributed by atoms with Crippen molar-refractivity contribution in [1.29, 1.82) is 0 Å². The quantitative estimate of drug-likeness (QED) is 0.680. The van der Waals surface area contributed by atoms with Crippen molar-refractivity contribution in [2.24, 2.45) is 0 Å². The zero-order chi connectivity index (χ0) is 14.5. The highest BCUT2D eigenvalue weighted by Crippen LogP contribution is 2.22. The van der Waals surface area contributed by atoms with E-state index in [0.717, 1.165) is 29.3 Å². The molecule has 106 valence electrons. The third-order valence-corrected chi connectivity index (χ3v) is 3.28. The van der Waals surface area contributed by atoms with Crippen LogP contribution in [0, 0.1) is 6.92 Å². The van der Waals surface area contributed by atoms with Gasteiger partial charge in [-0.2, -0.15) is 0 Å². The van der Waals surface area contributed by atoms with Crippen molar-refractivity contribution in [3.8, 4) is 11.3 Å². The van der Waals surface area contributed by atoms with Crippen LogP contribution in [0.15, 0.2) is 71.1 Å². The molecular formula is C18H18N2O. The van der Waals surface area contributed by atoms with Gasteiger partial charge in [-0.15, -0.1) is 0 Å². The van der Waals surface area contributed by atoms with Gasteiger partial charge in [0.2, 0.25) is 0 Å². The molecule has 3 rings (SSSR count). The zero-order valence-corrected chi connectivity index (χ0v) is 12.0. The summed E-state index contributed by atoms with van der Waals surface area (Å²) in [5.74, 6) is 1.84. The van der Waals surface area contributed by atoms with Gasteiger partial charge in [-0.25, -0.2) is 5.43 Å². The average Bonchev–Trinajstić information content (AvgIpc) is 2.96. The lowest BCUT2D eigenvalue weighted by Crippen LogP contribution is -2.20. The van der Waals surface area contributed by atoms with Gasteiger partial charge in [0.1, 0.15) is 11.5 Å². The lowest BCUT2D eigenvalue weighted by atomic mass is 10.1. The lowest BCUT2D eigenvalue weighted by molar-refractivity contribution is 0.548. The molecule has 0 aliphatic heterocycles. The highest BCUT2D eigenvalue weighted by Gasteiger charge is 2.02. The molecule has 1 aromatic heterocycles.